The van der Waals surface area contributed by atoms with Crippen LogP contribution in [-0.4, -0.2) is 30.8 Å². The molecule has 4 nitrogen and oxygen atoms in total. The number of hydrogen-bond donors (Lipinski definition) is 3. The minimum atomic E-state index is 0.0556. The second kappa shape index (κ2) is 6.51. The van der Waals surface area contributed by atoms with E-state index in [9.17, 15) is 0 Å². The third-order valence-electron chi connectivity index (χ3n) is 0.970. The Balaban J connectivity index is 2.84. The lowest BCUT2D eigenvalue weighted by molar-refractivity contribution is 0.0916. The smallest absolute Gasteiger partial charge is 0.0906 e. The second-order valence-corrected chi connectivity index (χ2v) is 1.96. The fraction of sp³-hybridized carbons (Fsp3) is 0.833. The summed E-state index contributed by atoms with van der Waals surface area (Å²) < 4.78 is 4.93. The molecule has 0 aromatic heterocycles. The molecule has 0 fully saturated rings. The Morgan fingerprint density at radius 2 is 2.20 bits per heavy atom. The van der Waals surface area contributed by atoms with Gasteiger partial charge in [-0.15, -0.1) is 0 Å². The fourth-order valence-corrected chi connectivity index (χ4v) is 0.531. The van der Waals surface area contributed by atoms with Crippen molar-refractivity contribution in [2.45, 2.75) is 12.8 Å². The van der Waals surface area contributed by atoms with E-state index >= 15 is 0 Å². The molecule has 0 unspecified atom stereocenters. The van der Waals surface area contributed by atoms with Gasteiger partial charge in [0.2, 0.25) is 0 Å². The standard InChI is InChI=1S/C6H14N2O2/c7-6(8)2-1-4-10-5-3-9/h9H,1-5H2,(H3,7,8). The largest absolute Gasteiger partial charge is 0.394 e. The normalized spacial score (nSPS) is 9.70. The molecule has 0 aliphatic rings. The predicted octanol–water partition coefficient (Wildman–Crippen LogP) is -0.289. The van der Waals surface area contributed by atoms with Crippen molar-refractivity contribution in [3.05, 3.63) is 0 Å². The quantitative estimate of drug-likeness (QED) is 0.274. The first-order chi connectivity index (χ1) is 4.77. The van der Waals surface area contributed by atoms with E-state index < -0.39 is 0 Å². The maximum Gasteiger partial charge on any atom is 0.0906 e. The molecule has 0 rings (SSSR count). The van der Waals surface area contributed by atoms with E-state index in [1.807, 2.05) is 0 Å². The molecule has 0 aromatic carbocycles. The topological polar surface area (TPSA) is 79.3 Å². The van der Waals surface area contributed by atoms with Crippen molar-refractivity contribution >= 4 is 5.84 Å². The summed E-state index contributed by atoms with van der Waals surface area (Å²) in [4.78, 5) is 0. The molecule has 0 amide bonds. The summed E-state index contributed by atoms with van der Waals surface area (Å²) in [6.07, 6.45) is 1.33. The molecule has 0 aliphatic heterocycles. The summed E-state index contributed by atoms with van der Waals surface area (Å²) in [7, 11) is 0. The van der Waals surface area contributed by atoms with E-state index in [1.54, 1.807) is 0 Å². The van der Waals surface area contributed by atoms with Gasteiger partial charge in [0.15, 0.2) is 0 Å². The summed E-state index contributed by atoms with van der Waals surface area (Å²) in [5, 5.41) is 15.1. The third kappa shape index (κ3) is 7.39. The van der Waals surface area contributed by atoms with E-state index in [0.717, 1.165) is 6.42 Å². The second-order valence-electron chi connectivity index (χ2n) is 1.96. The average molecular weight is 146 g/mol. The van der Waals surface area contributed by atoms with Crippen LogP contribution in [0, 0.1) is 5.41 Å². The maximum absolute atomic E-state index is 8.28. The molecule has 0 radical (unpaired) electrons. The van der Waals surface area contributed by atoms with E-state index in [4.69, 9.17) is 21.0 Å². The van der Waals surface area contributed by atoms with Crippen LogP contribution < -0.4 is 5.73 Å². The van der Waals surface area contributed by atoms with Gasteiger partial charge < -0.3 is 15.6 Å². The zero-order valence-corrected chi connectivity index (χ0v) is 5.97. The SMILES string of the molecule is N=C(N)CCCOCCO. The Kier molecular flexibility index (Phi) is 6.11. The molecular weight excluding hydrogens is 132 g/mol. The van der Waals surface area contributed by atoms with E-state index in [-0.39, 0.29) is 12.4 Å². The van der Waals surface area contributed by atoms with Gasteiger partial charge in [-0.1, -0.05) is 0 Å². The zero-order chi connectivity index (χ0) is 7.82. The summed E-state index contributed by atoms with van der Waals surface area (Å²) in [5.74, 6) is 0.188. The van der Waals surface area contributed by atoms with Gasteiger partial charge in [0, 0.05) is 13.0 Å². The van der Waals surface area contributed by atoms with Gasteiger partial charge in [0.05, 0.1) is 19.0 Å². The molecule has 0 heterocycles. The number of nitrogens with two attached hydrogens (primary N) is 1. The number of aliphatic hydroxyl groups excluding tert-OH is 1. The van der Waals surface area contributed by atoms with Crippen LogP contribution in [0.3, 0.4) is 0 Å². The van der Waals surface area contributed by atoms with Crippen LogP contribution in [0.1, 0.15) is 12.8 Å². The highest BCUT2D eigenvalue weighted by Crippen LogP contribution is 1.87. The first-order valence-corrected chi connectivity index (χ1v) is 3.29. The molecule has 0 aromatic rings. The van der Waals surface area contributed by atoms with Crippen molar-refractivity contribution < 1.29 is 9.84 Å². The van der Waals surface area contributed by atoms with Crippen LogP contribution in [0.2, 0.25) is 0 Å². The summed E-state index contributed by atoms with van der Waals surface area (Å²) >= 11 is 0. The Bertz CT molecular complexity index is 95.7. The average Bonchev–Trinajstić information content (AvgIpc) is 1.87. The van der Waals surface area contributed by atoms with Crippen LogP contribution in [0.5, 0.6) is 0 Å². The minimum Gasteiger partial charge on any atom is -0.394 e. The van der Waals surface area contributed by atoms with Gasteiger partial charge in [-0.2, -0.15) is 0 Å². The van der Waals surface area contributed by atoms with Gasteiger partial charge >= 0.3 is 0 Å². The van der Waals surface area contributed by atoms with Crippen molar-refractivity contribution in [2.24, 2.45) is 5.73 Å². The molecule has 0 saturated heterocycles. The Labute approximate surface area is 60.5 Å². The number of amidine groups is 1. The van der Waals surface area contributed by atoms with E-state index in [1.165, 1.54) is 0 Å². The molecule has 4 heteroatoms. The van der Waals surface area contributed by atoms with Crippen LogP contribution in [0.15, 0.2) is 0 Å². The lowest BCUT2D eigenvalue weighted by atomic mass is 10.3. The molecule has 0 saturated carbocycles. The monoisotopic (exact) mass is 146 g/mol. The van der Waals surface area contributed by atoms with Crippen molar-refractivity contribution in [2.75, 3.05) is 19.8 Å². The number of nitrogens with one attached hydrogen (secondary N) is 1. The number of ether oxygens (including phenoxy) is 1. The highest BCUT2D eigenvalue weighted by Gasteiger charge is 1.89. The van der Waals surface area contributed by atoms with Gasteiger partial charge in [-0.3, -0.25) is 5.41 Å². The van der Waals surface area contributed by atoms with Gasteiger partial charge in [0.1, 0.15) is 0 Å². The molecule has 0 atom stereocenters. The Morgan fingerprint density at radius 1 is 1.50 bits per heavy atom. The molecule has 0 aliphatic carbocycles. The first-order valence-electron chi connectivity index (χ1n) is 3.29. The van der Waals surface area contributed by atoms with Crippen LogP contribution in [0.25, 0.3) is 0 Å². The molecule has 0 bridgehead atoms. The summed E-state index contributed by atoms with van der Waals surface area (Å²) in [6.45, 7) is 0.998. The van der Waals surface area contributed by atoms with Crippen LogP contribution in [-0.2, 0) is 4.74 Å². The van der Waals surface area contributed by atoms with Crippen molar-refractivity contribution in [1.29, 1.82) is 5.41 Å². The van der Waals surface area contributed by atoms with Gasteiger partial charge in [0.25, 0.3) is 0 Å². The Morgan fingerprint density at radius 3 is 2.70 bits per heavy atom. The summed E-state index contributed by atoms with van der Waals surface area (Å²) in [6, 6.07) is 0. The zero-order valence-electron chi connectivity index (χ0n) is 5.97. The van der Waals surface area contributed by atoms with Gasteiger partial charge in [-0.05, 0) is 6.42 Å². The highest BCUT2D eigenvalue weighted by atomic mass is 16.5. The van der Waals surface area contributed by atoms with Crippen molar-refractivity contribution in [3.8, 4) is 0 Å². The third-order valence-corrected chi connectivity index (χ3v) is 0.970. The molecule has 4 N–H and O–H groups in total. The lowest BCUT2D eigenvalue weighted by Crippen LogP contribution is -2.10. The van der Waals surface area contributed by atoms with E-state index in [0.29, 0.717) is 19.6 Å². The molecular formula is C6H14N2O2. The number of aliphatic hydroxyl groups is 1. The summed E-state index contributed by atoms with van der Waals surface area (Å²) in [5.41, 5.74) is 5.09. The van der Waals surface area contributed by atoms with Crippen molar-refractivity contribution in [3.63, 3.8) is 0 Å². The molecule has 0 spiro atoms. The number of hydrogen-bond acceptors (Lipinski definition) is 3. The fourth-order valence-electron chi connectivity index (χ4n) is 0.531. The predicted molar refractivity (Wildman–Crippen MR) is 39.1 cm³/mol. The van der Waals surface area contributed by atoms with Crippen LogP contribution in [0.4, 0.5) is 0 Å². The lowest BCUT2D eigenvalue weighted by Gasteiger charge is -1.99. The molecule has 10 heavy (non-hydrogen) atoms. The van der Waals surface area contributed by atoms with Gasteiger partial charge in [-0.25, -0.2) is 0 Å². The molecule has 60 valence electrons. The van der Waals surface area contributed by atoms with Crippen LogP contribution >= 0.6 is 0 Å². The maximum atomic E-state index is 8.28. The Hall–Kier alpha value is -0.610. The first kappa shape index (κ1) is 9.39. The minimum absolute atomic E-state index is 0.0556. The number of rotatable bonds is 6. The van der Waals surface area contributed by atoms with Crippen molar-refractivity contribution in [1.82, 2.24) is 0 Å². The highest BCUT2D eigenvalue weighted by molar-refractivity contribution is 5.76. The van der Waals surface area contributed by atoms with E-state index in [2.05, 4.69) is 0 Å².